The first-order valence-corrected chi connectivity index (χ1v) is 8.77. The second-order valence-corrected chi connectivity index (χ2v) is 6.03. The summed E-state index contributed by atoms with van der Waals surface area (Å²) in [5.41, 5.74) is 1.81. The number of ketones is 1. The molecule has 0 amide bonds. The summed E-state index contributed by atoms with van der Waals surface area (Å²) in [6, 6.07) is 23.1. The van der Waals surface area contributed by atoms with Gasteiger partial charge < -0.3 is 14.2 Å². The van der Waals surface area contributed by atoms with Gasteiger partial charge in [0.1, 0.15) is 18.1 Å². The highest BCUT2D eigenvalue weighted by Gasteiger charge is 2.13. The van der Waals surface area contributed by atoms with Crippen LogP contribution in [0.2, 0.25) is 0 Å². The van der Waals surface area contributed by atoms with E-state index in [1.165, 1.54) is 0 Å². The minimum absolute atomic E-state index is 0.285. The molecule has 0 bridgehead atoms. The van der Waals surface area contributed by atoms with Crippen LogP contribution in [0.1, 0.15) is 26.3 Å². The van der Waals surface area contributed by atoms with Crippen LogP contribution in [0.25, 0.3) is 0 Å². The molecule has 0 heterocycles. The zero-order chi connectivity index (χ0) is 19.8. The smallest absolute Gasteiger partial charge is 0.338 e. The first kappa shape index (κ1) is 19.2. The van der Waals surface area contributed by atoms with E-state index in [2.05, 4.69) is 0 Å². The van der Waals surface area contributed by atoms with E-state index in [1.54, 1.807) is 55.6 Å². The Morgan fingerprint density at radius 3 is 2.25 bits per heavy atom. The van der Waals surface area contributed by atoms with Crippen molar-refractivity contribution in [2.75, 3.05) is 13.7 Å². The fourth-order valence-electron chi connectivity index (χ4n) is 2.53. The first-order chi connectivity index (χ1) is 13.7. The van der Waals surface area contributed by atoms with Gasteiger partial charge in [-0.25, -0.2) is 4.79 Å². The van der Waals surface area contributed by atoms with E-state index in [0.29, 0.717) is 29.2 Å². The van der Waals surface area contributed by atoms with Crippen molar-refractivity contribution in [3.63, 3.8) is 0 Å². The lowest BCUT2D eigenvalue weighted by Gasteiger charge is -2.09. The normalized spacial score (nSPS) is 10.2. The van der Waals surface area contributed by atoms with Gasteiger partial charge in [-0.05, 0) is 48.0 Å². The van der Waals surface area contributed by atoms with Crippen LogP contribution in [-0.4, -0.2) is 25.5 Å². The molecule has 0 N–H and O–H groups in total. The van der Waals surface area contributed by atoms with Crippen molar-refractivity contribution < 1.29 is 23.8 Å². The number of rotatable bonds is 8. The number of hydrogen-bond acceptors (Lipinski definition) is 5. The van der Waals surface area contributed by atoms with Gasteiger partial charge in [-0.1, -0.05) is 36.4 Å². The molecule has 5 heteroatoms. The largest absolute Gasteiger partial charge is 0.497 e. The molecule has 28 heavy (non-hydrogen) atoms. The maximum Gasteiger partial charge on any atom is 0.338 e. The van der Waals surface area contributed by atoms with Gasteiger partial charge >= 0.3 is 5.97 Å². The number of Topliss-reactive ketones (excluding diaryl/α,β-unsaturated/α-hetero) is 1. The number of methoxy groups -OCH3 is 1. The quantitative estimate of drug-likeness (QED) is 0.433. The van der Waals surface area contributed by atoms with E-state index < -0.39 is 5.97 Å². The fourth-order valence-corrected chi connectivity index (χ4v) is 2.53. The summed E-state index contributed by atoms with van der Waals surface area (Å²) in [5.74, 6) is 0.347. The highest BCUT2D eigenvalue weighted by atomic mass is 16.5. The van der Waals surface area contributed by atoms with Crippen LogP contribution < -0.4 is 9.47 Å². The van der Waals surface area contributed by atoms with Crippen LogP contribution in [0.3, 0.4) is 0 Å². The third kappa shape index (κ3) is 5.20. The summed E-state index contributed by atoms with van der Waals surface area (Å²) in [6.07, 6.45) is 0. The van der Waals surface area contributed by atoms with Crippen LogP contribution in [0, 0.1) is 0 Å². The van der Waals surface area contributed by atoms with Crippen LogP contribution in [0.15, 0.2) is 78.9 Å². The van der Waals surface area contributed by atoms with E-state index in [0.717, 1.165) is 5.56 Å². The lowest BCUT2D eigenvalue weighted by Crippen LogP contribution is -2.14. The van der Waals surface area contributed by atoms with Gasteiger partial charge in [0, 0.05) is 5.56 Å². The predicted molar refractivity (Wildman–Crippen MR) is 105 cm³/mol. The molecule has 3 aromatic rings. The van der Waals surface area contributed by atoms with Gasteiger partial charge in [0.15, 0.2) is 12.4 Å². The lowest BCUT2D eigenvalue weighted by molar-refractivity contribution is 0.0474. The maximum absolute atomic E-state index is 12.3. The molecule has 0 aliphatic rings. The Labute approximate surface area is 163 Å². The molecule has 0 saturated heterocycles. The van der Waals surface area contributed by atoms with Crippen LogP contribution in [0.5, 0.6) is 11.5 Å². The molecule has 142 valence electrons. The number of esters is 1. The molecular weight excluding hydrogens is 356 g/mol. The summed E-state index contributed by atoms with van der Waals surface area (Å²) < 4.78 is 15.9. The number of benzene rings is 3. The Morgan fingerprint density at radius 2 is 1.54 bits per heavy atom. The third-order valence-electron chi connectivity index (χ3n) is 4.06. The van der Waals surface area contributed by atoms with Gasteiger partial charge in [0.2, 0.25) is 0 Å². The van der Waals surface area contributed by atoms with Crippen molar-refractivity contribution in [1.29, 1.82) is 0 Å². The van der Waals surface area contributed by atoms with Gasteiger partial charge in [0.05, 0.1) is 12.7 Å². The summed E-state index contributed by atoms with van der Waals surface area (Å²) in [5, 5.41) is 0. The average molecular weight is 376 g/mol. The molecule has 0 spiro atoms. The topological polar surface area (TPSA) is 61.8 Å². The summed E-state index contributed by atoms with van der Waals surface area (Å²) >= 11 is 0. The number of ether oxygens (including phenoxy) is 3. The summed E-state index contributed by atoms with van der Waals surface area (Å²) in [4.78, 5) is 24.4. The Balaban J connectivity index is 1.55. The predicted octanol–water partition coefficient (Wildman–Crippen LogP) is 4.31. The molecule has 0 fully saturated rings. The first-order valence-electron chi connectivity index (χ1n) is 8.77. The van der Waals surface area contributed by atoms with Gasteiger partial charge in [-0.15, -0.1) is 0 Å². The number of carbonyl (C=O) groups excluding carboxylic acids is 2. The molecule has 0 aliphatic carbocycles. The molecular formula is C23H20O5. The number of carbonyl (C=O) groups is 2. The van der Waals surface area contributed by atoms with Crippen molar-refractivity contribution in [2.24, 2.45) is 0 Å². The lowest BCUT2D eigenvalue weighted by atomic mass is 10.1. The maximum atomic E-state index is 12.3. The monoisotopic (exact) mass is 376 g/mol. The fraction of sp³-hybridized carbons (Fsp3) is 0.130. The molecule has 0 radical (unpaired) electrons. The van der Waals surface area contributed by atoms with E-state index in [1.807, 2.05) is 30.3 Å². The molecule has 0 aromatic heterocycles. The van der Waals surface area contributed by atoms with Crippen molar-refractivity contribution in [1.82, 2.24) is 0 Å². The van der Waals surface area contributed by atoms with Crippen LogP contribution in [0.4, 0.5) is 0 Å². The Hall–Kier alpha value is -3.60. The van der Waals surface area contributed by atoms with E-state index in [-0.39, 0.29) is 12.4 Å². The second kappa shape index (κ2) is 9.37. The summed E-state index contributed by atoms with van der Waals surface area (Å²) in [7, 11) is 1.55. The van der Waals surface area contributed by atoms with Crippen LogP contribution >= 0.6 is 0 Å². The zero-order valence-electron chi connectivity index (χ0n) is 15.5. The summed E-state index contributed by atoms with van der Waals surface area (Å²) in [6.45, 7) is 0.0650. The second-order valence-electron chi connectivity index (χ2n) is 6.03. The average Bonchev–Trinajstić information content (AvgIpc) is 2.76. The molecule has 0 unspecified atom stereocenters. The van der Waals surface area contributed by atoms with E-state index >= 15 is 0 Å². The molecule has 3 aromatic carbocycles. The molecule has 5 nitrogen and oxygen atoms in total. The SMILES string of the molecule is COc1ccc(C(=O)COC(=O)c2cccc(OCc3ccccc3)c2)cc1. The Kier molecular flexibility index (Phi) is 6.41. The molecule has 3 rings (SSSR count). The van der Waals surface area contributed by atoms with Crippen molar-refractivity contribution in [2.45, 2.75) is 6.61 Å². The van der Waals surface area contributed by atoms with Crippen molar-refractivity contribution >= 4 is 11.8 Å². The third-order valence-corrected chi connectivity index (χ3v) is 4.06. The molecule has 0 aliphatic heterocycles. The van der Waals surface area contributed by atoms with Crippen LogP contribution in [-0.2, 0) is 11.3 Å². The van der Waals surface area contributed by atoms with E-state index in [4.69, 9.17) is 14.2 Å². The minimum Gasteiger partial charge on any atom is -0.497 e. The van der Waals surface area contributed by atoms with Crippen molar-refractivity contribution in [3.05, 3.63) is 95.6 Å². The number of hydrogen-bond donors (Lipinski definition) is 0. The Bertz CT molecular complexity index is 933. The van der Waals surface area contributed by atoms with Gasteiger partial charge in [-0.3, -0.25) is 4.79 Å². The highest BCUT2D eigenvalue weighted by molar-refractivity contribution is 5.99. The molecule has 0 atom stereocenters. The van der Waals surface area contributed by atoms with Gasteiger partial charge in [0.25, 0.3) is 0 Å². The zero-order valence-corrected chi connectivity index (χ0v) is 15.5. The highest BCUT2D eigenvalue weighted by Crippen LogP contribution is 2.17. The van der Waals surface area contributed by atoms with Crippen molar-refractivity contribution in [3.8, 4) is 11.5 Å². The molecule has 0 saturated carbocycles. The Morgan fingerprint density at radius 1 is 0.786 bits per heavy atom. The minimum atomic E-state index is -0.577. The van der Waals surface area contributed by atoms with Gasteiger partial charge in [-0.2, -0.15) is 0 Å². The van der Waals surface area contributed by atoms with E-state index in [9.17, 15) is 9.59 Å². The standard InChI is InChI=1S/C23H20O5/c1-26-20-12-10-18(11-13-20)22(24)16-28-23(25)19-8-5-9-21(14-19)27-15-17-6-3-2-4-7-17/h2-14H,15-16H2,1H3.